The minimum atomic E-state index is -0.166. The van der Waals surface area contributed by atoms with Crippen LogP contribution in [0.5, 0.6) is 5.75 Å². The molecule has 0 bridgehead atoms. The molecule has 1 N–H and O–H groups in total. The van der Waals surface area contributed by atoms with Gasteiger partial charge in [0.1, 0.15) is 5.75 Å². The minimum Gasteiger partial charge on any atom is -0.484 e. The first-order chi connectivity index (χ1) is 8.29. The number of nitrogens with zero attached hydrogens (tertiary/aromatic N) is 1. The number of hydrazine groups is 1. The third-order valence-electron chi connectivity index (χ3n) is 2.42. The predicted molar refractivity (Wildman–Crippen MR) is 72.5 cm³/mol. The first-order valence-electron chi connectivity index (χ1n) is 5.99. The fourth-order valence-electron chi connectivity index (χ4n) is 1.48. The summed E-state index contributed by atoms with van der Waals surface area (Å²) in [5.74, 6) is 0.553. The fourth-order valence-corrected chi connectivity index (χ4v) is 1.48. The van der Waals surface area contributed by atoms with Gasteiger partial charge in [0.25, 0.3) is 5.91 Å². The van der Waals surface area contributed by atoms with E-state index in [1.54, 1.807) is 19.1 Å². The van der Waals surface area contributed by atoms with E-state index >= 15 is 0 Å². The van der Waals surface area contributed by atoms with Crippen LogP contribution in [-0.4, -0.2) is 31.6 Å². The lowest BCUT2D eigenvalue weighted by Gasteiger charge is -2.19. The van der Waals surface area contributed by atoms with Crippen LogP contribution < -0.4 is 10.2 Å². The molecule has 1 amide bonds. The molecule has 0 aliphatic heterocycles. The van der Waals surface area contributed by atoms with Crippen molar-refractivity contribution in [2.24, 2.45) is 0 Å². The van der Waals surface area contributed by atoms with E-state index in [1.807, 2.05) is 18.2 Å². The normalized spacial score (nSPS) is 11.4. The number of rotatable bonds is 4. The van der Waals surface area contributed by atoms with Crippen LogP contribution in [0.1, 0.15) is 26.3 Å². The summed E-state index contributed by atoms with van der Waals surface area (Å²) < 4.78 is 5.47. The summed E-state index contributed by atoms with van der Waals surface area (Å²) in [6, 6.07) is 7.84. The van der Waals surface area contributed by atoms with Gasteiger partial charge in [-0.05, 0) is 23.1 Å². The third-order valence-corrected chi connectivity index (χ3v) is 2.42. The summed E-state index contributed by atoms with van der Waals surface area (Å²) in [6.45, 7) is 6.45. The van der Waals surface area contributed by atoms with Crippen LogP contribution in [0.4, 0.5) is 0 Å². The summed E-state index contributed by atoms with van der Waals surface area (Å²) in [5, 5.41) is 1.59. The van der Waals surface area contributed by atoms with Gasteiger partial charge in [0.05, 0.1) is 0 Å². The zero-order chi connectivity index (χ0) is 13.8. The molecule has 1 rings (SSSR count). The molecule has 18 heavy (non-hydrogen) atoms. The maximum atomic E-state index is 11.4. The summed E-state index contributed by atoms with van der Waals surface area (Å²) in [6.07, 6.45) is 0. The van der Waals surface area contributed by atoms with Crippen molar-refractivity contribution >= 4 is 5.91 Å². The van der Waals surface area contributed by atoms with E-state index in [9.17, 15) is 4.79 Å². The Kier molecular flexibility index (Phi) is 4.73. The molecule has 0 aliphatic rings. The molecule has 0 fully saturated rings. The molecule has 0 saturated heterocycles. The molecule has 0 aromatic heterocycles. The maximum Gasteiger partial charge on any atom is 0.272 e. The van der Waals surface area contributed by atoms with Gasteiger partial charge in [-0.1, -0.05) is 32.9 Å². The number of nitrogens with one attached hydrogen (secondary N) is 1. The number of ether oxygens (including phenoxy) is 1. The predicted octanol–water partition coefficient (Wildman–Crippen LogP) is 1.96. The van der Waals surface area contributed by atoms with Crippen LogP contribution in [0.3, 0.4) is 0 Å². The quantitative estimate of drug-likeness (QED) is 0.831. The topological polar surface area (TPSA) is 41.6 Å². The first kappa shape index (κ1) is 14.5. The van der Waals surface area contributed by atoms with Crippen molar-refractivity contribution in [3.8, 4) is 5.75 Å². The van der Waals surface area contributed by atoms with Crippen molar-refractivity contribution in [1.29, 1.82) is 0 Å². The Morgan fingerprint density at radius 1 is 1.33 bits per heavy atom. The monoisotopic (exact) mass is 250 g/mol. The fraction of sp³-hybridized carbons (Fsp3) is 0.500. The van der Waals surface area contributed by atoms with Crippen molar-refractivity contribution in [2.45, 2.75) is 26.2 Å². The largest absolute Gasteiger partial charge is 0.484 e. The molecule has 0 saturated carbocycles. The molecule has 4 nitrogen and oxygen atoms in total. The molecule has 0 heterocycles. The number of carbonyl (C=O) groups is 1. The molecule has 1 aromatic rings. The zero-order valence-corrected chi connectivity index (χ0v) is 11.8. The summed E-state index contributed by atoms with van der Waals surface area (Å²) in [4.78, 5) is 11.4. The highest BCUT2D eigenvalue weighted by Crippen LogP contribution is 2.25. The highest BCUT2D eigenvalue weighted by molar-refractivity contribution is 5.76. The van der Waals surface area contributed by atoms with E-state index in [1.165, 1.54) is 5.56 Å². The van der Waals surface area contributed by atoms with Crippen molar-refractivity contribution in [2.75, 3.05) is 20.7 Å². The lowest BCUT2D eigenvalue weighted by Crippen LogP contribution is -2.39. The van der Waals surface area contributed by atoms with Crippen LogP contribution in [0.25, 0.3) is 0 Å². The Morgan fingerprint density at radius 3 is 2.56 bits per heavy atom. The second kappa shape index (κ2) is 5.87. The van der Waals surface area contributed by atoms with E-state index in [0.29, 0.717) is 0 Å². The van der Waals surface area contributed by atoms with Gasteiger partial charge in [-0.25, -0.2) is 5.01 Å². The number of benzene rings is 1. The summed E-state index contributed by atoms with van der Waals surface area (Å²) >= 11 is 0. The van der Waals surface area contributed by atoms with Gasteiger partial charge in [0.2, 0.25) is 0 Å². The maximum absolute atomic E-state index is 11.4. The molecule has 100 valence electrons. The van der Waals surface area contributed by atoms with E-state index in [4.69, 9.17) is 4.74 Å². The lowest BCUT2D eigenvalue weighted by atomic mass is 9.87. The van der Waals surface area contributed by atoms with E-state index < -0.39 is 0 Å². The Hall–Kier alpha value is -1.55. The molecule has 0 aliphatic carbocycles. The second-order valence-corrected chi connectivity index (χ2v) is 5.50. The van der Waals surface area contributed by atoms with Crippen LogP contribution in [0.2, 0.25) is 0 Å². The van der Waals surface area contributed by atoms with Gasteiger partial charge in [-0.3, -0.25) is 10.2 Å². The average Bonchev–Trinajstić information content (AvgIpc) is 2.25. The van der Waals surface area contributed by atoms with Crippen LogP contribution in [-0.2, 0) is 10.2 Å². The zero-order valence-electron chi connectivity index (χ0n) is 11.8. The first-order valence-corrected chi connectivity index (χ1v) is 5.99. The number of carbonyl (C=O) groups excluding carboxylic acids is 1. The molecular weight excluding hydrogens is 228 g/mol. The van der Waals surface area contributed by atoms with Gasteiger partial charge in [-0.15, -0.1) is 0 Å². The van der Waals surface area contributed by atoms with E-state index in [0.717, 1.165) is 5.75 Å². The molecule has 0 atom stereocenters. The van der Waals surface area contributed by atoms with Crippen LogP contribution >= 0.6 is 0 Å². The second-order valence-electron chi connectivity index (χ2n) is 5.50. The lowest BCUT2D eigenvalue weighted by molar-refractivity contribution is -0.126. The van der Waals surface area contributed by atoms with Gasteiger partial charge in [0.15, 0.2) is 6.61 Å². The average molecular weight is 250 g/mol. The third kappa shape index (κ3) is 4.75. The Balaban J connectivity index is 2.61. The molecule has 1 aromatic carbocycles. The SMILES string of the molecule is CN(C)NC(=O)COc1cccc(C(C)(C)C)c1. The Bertz CT molecular complexity index is 409. The van der Waals surface area contributed by atoms with Crippen molar-refractivity contribution in [3.63, 3.8) is 0 Å². The standard InChI is InChI=1S/C14H22N2O2/c1-14(2,3)11-7-6-8-12(9-11)18-10-13(17)15-16(4)5/h6-9H,10H2,1-5H3,(H,15,17). The Morgan fingerprint density at radius 2 is 2.00 bits per heavy atom. The highest BCUT2D eigenvalue weighted by Gasteiger charge is 2.14. The summed E-state index contributed by atoms with van der Waals surface area (Å²) in [7, 11) is 3.52. The van der Waals surface area contributed by atoms with Crippen molar-refractivity contribution in [3.05, 3.63) is 29.8 Å². The van der Waals surface area contributed by atoms with Crippen LogP contribution in [0, 0.1) is 0 Å². The van der Waals surface area contributed by atoms with E-state index in [-0.39, 0.29) is 17.9 Å². The Labute approximate surface area is 109 Å². The van der Waals surface area contributed by atoms with Gasteiger partial charge < -0.3 is 4.74 Å². The number of hydrogen-bond donors (Lipinski definition) is 1. The molecule has 0 radical (unpaired) electrons. The minimum absolute atomic E-state index is 0.0196. The molecule has 0 spiro atoms. The van der Waals surface area contributed by atoms with Crippen molar-refractivity contribution < 1.29 is 9.53 Å². The molecule has 4 heteroatoms. The molecular formula is C14H22N2O2. The van der Waals surface area contributed by atoms with E-state index in [2.05, 4.69) is 32.3 Å². The van der Waals surface area contributed by atoms with Gasteiger partial charge >= 0.3 is 0 Å². The van der Waals surface area contributed by atoms with Gasteiger partial charge in [0, 0.05) is 14.1 Å². The smallest absolute Gasteiger partial charge is 0.272 e. The van der Waals surface area contributed by atoms with Gasteiger partial charge in [-0.2, -0.15) is 0 Å². The summed E-state index contributed by atoms with van der Waals surface area (Å²) in [5.41, 5.74) is 3.89. The molecule has 0 unspecified atom stereocenters. The number of amides is 1. The number of hydrogen-bond acceptors (Lipinski definition) is 3. The highest BCUT2D eigenvalue weighted by atomic mass is 16.5. The van der Waals surface area contributed by atoms with Crippen LogP contribution in [0.15, 0.2) is 24.3 Å². The van der Waals surface area contributed by atoms with Crippen molar-refractivity contribution in [1.82, 2.24) is 10.4 Å².